The summed E-state index contributed by atoms with van der Waals surface area (Å²) in [5, 5.41) is 9.57. The van der Waals surface area contributed by atoms with Crippen molar-refractivity contribution in [1.29, 1.82) is 0 Å². The monoisotopic (exact) mass is 405 g/mol. The Balaban J connectivity index is 1.48. The largest absolute Gasteiger partial charge is 0.338 e. The standard InChI is InChI=1S/C21H19N5O4/c1-12-16-14(11-15(22-17(16)30-25-12)13-5-3-2-4-6-13)18(27)26-9-7-21(8-10-26)19(28)23-20(29)24-21/h2-6,11H,7-10H2,1H3,(H2,23,24,28,29). The first-order valence-electron chi connectivity index (χ1n) is 9.72. The van der Waals surface area contributed by atoms with Gasteiger partial charge >= 0.3 is 6.03 Å². The highest BCUT2D eigenvalue weighted by Gasteiger charge is 2.48. The number of urea groups is 1. The molecule has 2 aliphatic heterocycles. The molecule has 0 unspecified atom stereocenters. The maximum Gasteiger partial charge on any atom is 0.322 e. The molecule has 0 aliphatic carbocycles. The molecule has 0 atom stereocenters. The second-order valence-corrected chi connectivity index (χ2v) is 7.65. The molecule has 9 heteroatoms. The summed E-state index contributed by atoms with van der Waals surface area (Å²) in [5.74, 6) is -0.502. The first-order chi connectivity index (χ1) is 14.5. The Morgan fingerprint density at radius 3 is 2.57 bits per heavy atom. The van der Waals surface area contributed by atoms with Crippen LogP contribution >= 0.6 is 0 Å². The number of benzene rings is 1. The zero-order valence-electron chi connectivity index (χ0n) is 16.3. The van der Waals surface area contributed by atoms with E-state index in [-0.39, 0.29) is 11.8 Å². The van der Waals surface area contributed by atoms with Crippen LogP contribution in [0.5, 0.6) is 0 Å². The number of nitrogens with zero attached hydrogens (tertiary/aromatic N) is 3. The Bertz CT molecular complexity index is 1180. The maximum absolute atomic E-state index is 13.4. The minimum absolute atomic E-state index is 0.175. The number of fused-ring (bicyclic) bond motifs is 1. The molecule has 5 rings (SSSR count). The summed E-state index contributed by atoms with van der Waals surface area (Å²) < 4.78 is 5.36. The van der Waals surface area contributed by atoms with E-state index in [4.69, 9.17) is 4.52 Å². The van der Waals surface area contributed by atoms with Crippen LogP contribution in [0.1, 0.15) is 28.9 Å². The van der Waals surface area contributed by atoms with E-state index in [1.807, 2.05) is 30.3 Å². The van der Waals surface area contributed by atoms with Gasteiger partial charge in [0, 0.05) is 18.7 Å². The lowest BCUT2D eigenvalue weighted by atomic mass is 9.87. The third-order valence-corrected chi connectivity index (χ3v) is 5.84. The van der Waals surface area contributed by atoms with Crippen LogP contribution in [0, 0.1) is 6.92 Å². The normalized spacial score (nSPS) is 18.0. The third kappa shape index (κ3) is 2.81. The molecule has 2 fully saturated rings. The van der Waals surface area contributed by atoms with Crippen molar-refractivity contribution in [1.82, 2.24) is 25.7 Å². The summed E-state index contributed by atoms with van der Waals surface area (Å²) in [6, 6.07) is 10.8. The predicted octanol–water partition coefficient (Wildman–Crippen LogP) is 2.01. The highest BCUT2D eigenvalue weighted by atomic mass is 16.5. The van der Waals surface area contributed by atoms with E-state index in [2.05, 4.69) is 20.8 Å². The number of pyridine rings is 1. The lowest BCUT2D eigenvalue weighted by Crippen LogP contribution is -2.55. The van der Waals surface area contributed by atoms with Crippen molar-refractivity contribution in [3.05, 3.63) is 47.7 Å². The fraction of sp³-hybridized carbons (Fsp3) is 0.286. The number of imide groups is 1. The quantitative estimate of drug-likeness (QED) is 0.630. The van der Waals surface area contributed by atoms with Gasteiger partial charge in [-0.25, -0.2) is 9.78 Å². The number of aromatic nitrogens is 2. The van der Waals surface area contributed by atoms with Crippen molar-refractivity contribution in [3.8, 4) is 11.3 Å². The van der Waals surface area contributed by atoms with Gasteiger partial charge in [-0.2, -0.15) is 0 Å². The van der Waals surface area contributed by atoms with Crippen molar-refractivity contribution < 1.29 is 18.9 Å². The molecule has 30 heavy (non-hydrogen) atoms. The van der Waals surface area contributed by atoms with Crippen molar-refractivity contribution in [2.45, 2.75) is 25.3 Å². The van der Waals surface area contributed by atoms with E-state index in [0.717, 1.165) is 5.56 Å². The van der Waals surface area contributed by atoms with Gasteiger partial charge in [-0.3, -0.25) is 14.9 Å². The molecule has 1 aromatic carbocycles. The molecule has 152 valence electrons. The van der Waals surface area contributed by atoms with Crippen molar-refractivity contribution in [2.24, 2.45) is 0 Å². The number of likely N-dealkylation sites (tertiary alicyclic amines) is 1. The number of piperidine rings is 1. The van der Waals surface area contributed by atoms with Gasteiger partial charge in [0.25, 0.3) is 17.5 Å². The lowest BCUT2D eigenvalue weighted by Gasteiger charge is -2.37. The molecule has 2 aliphatic rings. The van der Waals surface area contributed by atoms with Gasteiger partial charge in [-0.15, -0.1) is 0 Å². The highest BCUT2D eigenvalue weighted by Crippen LogP contribution is 2.30. The molecule has 2 aromatic heterocycles. The van der Waals surface area contributed by atoms with Crippen LogP contribution in [0.15, 0.2) is 40.9 Å². The molecule has 0 radical (unpaired) electrons. The third-order valence-electron chi connectivity index (χ3n) is 5.84. The van der Waals surface area contributed by atoms with E-state index in [1.165, 1.54) is 0 Å². The molecule has 3 aromatic rings. The van der Waals surface area contributed by atoms with Crippen LogP contribution in [0.2, 0.25) is 0 Å². The van der Waals surface area contributed by atoms with Crippen LogP contribution in [0.25, 0.3) is 22.4 Å². The van der Waals surface area contributed by atoms with Gasteiger partial charge < -0.3 is 14.7 Å². The van der Waals surface area contributed by atoms with Crippen molar-refractivity contribution in [2.75, 3.05) is 13.1 Å². The number of rotatable bonds is 2. The summed E-state index contributed by atoms with van der Waals surface area (Å²) in [4.78, 5) is 43.4. The van der Waals surface area contributed by atoms with Crippen LogP contribution in [-0.2, 0) is 4.79 Å². The Labute approximate surface area is 171 Å². The van der Waals surface area contributed by atoms with Crippen LogP contribution < -0.4 is 10.6 Å². The number of carbonyl (C=O) groups is 3. The molecule has 0 saturated carbocycles. The van der Waals surface area contributed by atoms with E-state index < -0.39 is 11.6 Å². The van der Waals surface area contributed by atoms with Crippen LogP contribution in [-0.4, -0.2) is 51.5 Å². The molecule has 9 nitrogen and oxygen atoms in total. The molecular formula is C21H19N5O4. The second kappa shape index (κ2) is 6.65. The summed E-state index contributed by atoms with van der Waals surface area (Å²) >= 11 is 0. The number of hydrogen-bond donors (Lipinski definition) is 2. The number of amides is 4. The summed E-state index contributed by atoms with van der Waals surface area (Å²) in [6.07, 6.45) is 0.720. The average molecular weight is 405 g/mol. The zero-order chi connectivity index (χ0) is 20.9. The second-order valence-electron chi connectivity index (χ2n) is 7.65. The predicted molar refractivity (Wildman–Crippen MR) is 107 cm³/mol. The van der Waals surface area contributed by atoms with Gasteiger partial charge in [0.15, 0.2) is 0 Å². The number of aryl methyl sites for hydroxylation is 1. The lowest BCUT2D eigenvalue weighted by molar-refractivity contribution is -0.125. The average Bonchev–Trinajstić information content (AvgIpc) is 3.27. The molecule has 0 bridgehead atoms. The number of hydrogen-bond acceptors (Lipinski definition) is 6. The van der Waals surface area contributed by atoms with Gasteiger partial charge in [0.1, 0.15) is 5.54 Å². The Kier molecular flexibility index (Phi) is 4.05. The number of carbonyl (C=O) groups excluding carboxylic acids is 3. The van der Waals surface area contributed by atoms with Crippen LogP contribution in [0.3, 0.4) is 0 Å². The van der Waals surface area contributed by atoms with E-state index in [1.54, 1.807) is 17.9 Å². The maximum atomic E-state index is 13.4. The molecule has 4 amide bonds. The zero-order valence-corrected chi connectivity index (χ0v) is 16.3. The first kappa shape index (κ1) is 18.3. The molecule has 4 heterocycles. The summed E-state index contributed by atoms with van der Waals surface area (Å²) in [5.41, 5.74) is 1.94. The van der Waals surface area contributed by atoms with Gasteiger partial charge in [0.05, 0.1) is 22.3 Å². The molecule has 2 N–H and O–H groups in total. The van der Waals surface area contributed by atoms with Gasteiger partial charge in [0.2, 0.25) is 0 Å². The topological polar surface area (TPSA) is 117 Å². The molecule has 2 saturated heterocycles. The Morgan fingerprint density at radius 1 is 1.17 bits per heavy atom. The fourth-order valence-electron chi connectivity index (χ4n) is 4.16. The van der Waals surface area contributed by atoms with Gasteiger partial charge in [-0.1, -0.05) is 35.5 Å². The Morgan fingerprint density at radius 2 is 1.90 bits per heavy atom. The first-order valence-corrected chi connectivity index (χ1v) is 9.72. The van der Waals surface area contributed by atoms with Crippen molar-refractivity contribution in [3.63, 3.8) is 0 Å². The van der Waals surface area contributed by atoms with E-state index in [9.17, 15) is 14.4 Å². The van der Waals surface area contributed by atoms with Crippen molar-refractivity contribution >= 4 is 28.9 Å². The summed E-state index contributed by atoms with van der Waals surface area (Å²) in [7, 11) is 0. The van der Waals surface area contributed by atoms with Crippen LogP contribution in [0.4, 0.5) is 4.79 Å². The van der Waals surface area contributed by atoms with E-state index >= 15 is 0 Å². The number of nitrogens with one attached hydrogen (secondary N) is 2. The molecular weight excluding hydrogens is 386 g/mol. The van der Waals surface area contributed by atoms with E-state index in [0.29, 0.717) is 54.0 Å². The summed E-state index contributed by atoms with van der Waals surface area (Å²) in [6.45, 7) is 2.47. The Hall–Kier alpha value is -3.75. The minimum Gasteiger partial charge on any atom is -0.338 e. The highest BCUT2D eigenvalue weighted by molar-refractivity contribution is 6.08. The molecule has 1 spiro atoms. The SMILES string of the molecule is Cc1noc2nc(-c3ccccc3)cc(C(=O)N3CCC4(CC3)NC(=O)NC4=O)c12. The van der Waals surface area contributed by atoms with Gasteiger partial charge in [-0.05, 0) is 25.8 Å². The fourth-order valence-corrected chi connectivity index (χ4v) is 4.16. The minimum atomic E-state index is -0.927. The smallest absolute Gasteiger partial charge is 0.322 e.